The largest absolute Gasteiger partial charge is 0.396 e. The van der Waals surface area contributed by atoms with Gasteiger partial charge in [0.1, 0.15) is 18.3 Å². The van der Waals surface area contributed by atoms with Gasteiger partial charge < -0.3 is 30.5 Å². The summed E-state index contributed by atoms with van der Waals surface area (Å²) < 4.78 is 5.45. The molecule has 0 bridgehead atoms. The van der Waals surface area contributed by atoms with Gasteiger partial charge in [-0.2, -0.15) is 0 Å². The predicted octanol–water partition coefficient (Wildman–Crippen LogP) is 0.866. The van der Waals surface area contributed by atoms with Gasteiger partial charge in [0, 0.05) is 13.0 Å². The van der Waals surface area contributed by atoms with E-state index in [4.69, 9.17) is 14.9 Å². The molecule has 5 atom stereocenters. The molecule has 1 saturated heterocycles. The second-order valence-corrected chi connectivity index (χ2v) is 7.29. The van der Waals surface area contributed by atoms with Crippen LogP contribution in [0.2, 0.25) is 0 Å². The molecule has 1 aliphatic heterocycles. The lowest BCUT2D eigenvalue weighted by Crippen LogP contribution is -2.63. The van der Waals surface area contributed by atoms with E-state index in [-0.39, 0.29) is 19.1 Å². The van der Waals surface area contributed by atoms with E-state index < -0.39 is 30.5 Å². The van der Waals surface area contributed by atoms with Gasteiger partial charge in [-0.25, -0.2) is 0 Å². The molecule has 5 N–H and O–H groups in total. The van der Waals surface area contributed by atoms with Crippen molar-refractivity contribution in [3.63, 3.8) is 0 Å². The molecule has 0 spiro atoms. The minimum atomic E-state index is -1.21. The zero-order chi connectivity index (χ0) is 19.4. The van der Waals surface area contributed by atoms with Gasteiger partial charge in [0.05, 0.1) is 18.8 Å². The molecular formula is C19H37NO6. The lowest BCUT2D eigenvalue weighted by molar-refractivity contribution is -0.190. The summed E-state index contributed by atoms with van der Waals surface area (Å²) in [5.41, 5.74) is 0. The van der Waals surface area contributed by atoms with Gasteiger partial charge in [0.15, 0.2) is 0 Å². The number of hydrogen-bond donors (Lipinski definition) is 5. The third-order valence-corrected chi connectivity index (χ3v) is 5.06. The van der Waals surface area contributed by atoms with Crippen LogP contribution < -0.4 is 5.32 Å². The molecule has 0 aliphatic carbocycles. The fraction of sp³-hybridized carbons (Fsp3) is 0.947. The van der Waals surface area contributed by atoms with Crippen molar-refractivity contribution < 1.29 is 30.0 Å². The molecule has 0 aromatic carbocycles. The van der Waals surface area contributed by atoms with Crippen LogP contribution in [0, 0.1) is 0 Å². The number of aliphatic hydroxyl groups is 4. The third-order valence-electron chi connectivity index (χ3n) is 5.06. The van der Waals surface area contributed by atoms with E-state index >= 15 is 0 Å². The lowest BCUT2D eigenvalue weighted by atomic mass is 9.93. The van der Waals surface area contributed by atoms with E-state index in [1.54, 1.807) is 6.92 Å². The van der Waals surface area contributed by atoms with Gasteiger partial charge in [-0.1, -0.05) is 44.9 Å². The predicted molar refractivity (Wildman–Crippen MR) is 98.6 cm³/mol. The van der Waals surface area contributed by atoms with Crippen LogP contribution in [0.5, 0.6) is 0 Å². The summed E-state index contributed by atoms with van der Waals surface area (Å²) in [6.45, 7) is 1.62. The maximum atomic E-state index is 12.1. The van der Waals surface area contributed by atoms with E-state index in [1.165, 1.54) is 25.7 Å². The number of carbonyl (C=O) groups excluding carboxylic acids is 1. The topological polar surface area (TPSA) is 119 Å². The number of hydrogen-bond acceptors (Lipinski definition) is 6. The van der Waals surface area contributed by atoms with E-state index in [0.29, 0.717) is 6.42 Å². The van der Waals surface area contributed by atoms with E-state index in [0.717, 1.165) is 32.1 Å². The standard InChI is InChI=1S/C19H37NO6/c1-14-17(19(25)18(24)15(13-22)26-14)20-16(23)11-9-7-5-3-2-4-6-8-10-12-21/h14-15,17-19,21-22,24-25H,2-13H2,1H3,(H,20,23). The van der Waals surface area contributed by atoms with E-state index in [9.17, 15) is 15.0 Å². The van der Waals surface area contributed by atoms with Crippen LogP contribution >= 0.6 is 0 Å². The highest BCUT2D eigenvalue weighted by molar-refractivity contribution is 5.76. The number of carbonyl (C=O) groups is 1. The van der Waals surface area contributed by atoms with E-state index in [2.05, 4.69) is 5.32 Å². The number of aliphatic hydroxyl groups excluding tert-OH is 4. The number of rotatable bonds is 13. The van der Waals surface area contributed by atoms with Crippen LogP contribution in [0.3, 0.4) is 0 Å². The first-order valence-corrected chi connectivity index (χ1v) is 10.0. The number of unbranched alkanes of at least 4 members (excludes halogenated alkanes) is 8. The van der Waals surface area contributed by atoms with Crippen molar-refractivity contribution in [3.05, 3.63) is 0 Å². The quantitative estimate of drug-likeness (QED) is 0.305. The zero-order valence-corrected chi connectivity index (χ0v) is 16.0. The molecule has 1 heterocycles. The Morgan fingerprint density at radius 3 is 1.96 bits per heavy atom. The normalized spacial score (nSPS) is 28.9. The van der Waals surface area contributed by atoms with Crippen molar-refractivity contribution in [3.8, 4) is 0 Å². The Morgan fingerprint density at radius 1 is 0.885 bits per heavy atom. The van der Waals surface area contributed by atoms with Gasteiger partial charge in [-0.15, -0.1) is 0 Å². The molecule has 1 aliphatic rings. The van der Waals surface area contributed by atoms with Crippen LogP contribution in [-0.2, 0) is 9.53 Å². The Morgan fingerprint density at radius 2 is 1.42 bits per heavy atom. The molecule has 1 rings (SSSR count). The molecule has 0 saturated carbocycles. The molecule has 0 aromatic rings. The number of amides is 1. The second-order valence-electron chi connectivity index (χ2n) is 7.29. The Kier molecular flexibility index (Phi) is 12.0. The smallest absolute Gasteiger partial charge is 0.220 e. The Bertz CT molecular complexity index is 381. The molecule has 154 valence electrons. The van der Waals surface area contributed by atoms with Crippen LogP contribution in [0.1, 0.15) is 71.1 Å². The van der Waals surface area contributed by atoms with Crippen molar-refractivity contribution in [2.45, 2.75) is 102 Å². The minimum Gasteiger partial charge on any atom is -0.396 e. The molecule has 7 heteroatoms. The van der Waals surface area contributed by atoms with Gasteiger partial charge in [0.2, 0.25) is 5.91 Å². The summed E-state index contributed by atoms with van der Waals surface area (Å²) >= 11 is 0. The van der Waals surface area contributed by atoms with Crippen molar-refractivity contribution >= 4 is 5.91 Å². The summed E-state index contributed by atoms with van der Waals surface area (Å²) in [6, 6.07) is -0.667. The van der Waals surface area contributed by atoms with E-state index in [1.807, 2.05) is 0 Å². The van der Waals surface area contributed by atoms with Gasteiger partial charge in [-0.3, -0.25) is 4.79 Å². The SMILES string of the molecule is CC1OC(CO)C(O)C(O)C1NC(=O)CCCCCCCCCCCO. The second kappa shape index (κ2) is 13.4. The Labute approximate surface area is 156 Å². The highest BCUT2D eigenvalue weighted by Crippen LogP contribution is 2.21. The highest BCUT2D eigenvalue weighted by atomic mass is 16.5. The van der Waals surface area contributed by atoms with Crippen LogP contribution in [-0.4, -0.2) is 70.0 Å². The van der Waals surface area contributed by atoms with Crippen molar-refractivity contribution in [1.82, 2.24) is 5.32 Å². The Balaban J connectivity index is 2.11. The third kappa shape index (κ3) is 8.31. The lowest BCUT2D eigenvalue weighted by Gasteiger charge is -2.41. The summed E-state index contributed by atoms with van der Waals surface area (Å²) in [6.07, 6.45) is 6.39. The van der Waals surface area contributed by atoms with Gasteiger partial charge in [-0.05, 0) is 19.8 Å². The maximum absolute atomic E-state index is 12.1. The average molecular weight is 376 g/mol. The summed E-state index contributed by atoms with van der Waals surface area (Å²) in [4.78, 5) is 12.1. The summed E-state index contributed by atoms with van der Waals surface area (Å²) in [5.74, 6) is -0.150. The van der Waals surface area contributed by atoms with Gasteiger partial charge in [0.25, 0.3) is 0 Å². The summed E-state index contributed by atoms with van der Waals surface area (Å²) in [5, 5.41) is 40.6. The first-order valence-electron chi connectivity index (χ1n) is 10.0. The van der Waals surface area contributed by atoms with Crippen molar-refractivity contribution in [2.75, 3.05) is 13.2 Å². The minimum absolute atomic E-state index is 0.150. The molecule has 1 fully saturated rings. The monoisotopic (exact) mass is 375 g/mol. The first-order chi connectivity index (χ1) is 12.5. The Hall–Kier alpha value is -0.730. The fourth-order valence-corrected chi connectivity index (χ4v) is 3.40. The number of ether oxygens (including phenoxy) is 1. The van der Waals surface area contributed by atoms with Crippen molar-refractivity contribution in [1.29, 1.82) is 0 Å². The first kappa shape index (κ1) is 23.3. The highest BCUT2D eigenvalue weighted by Gasteiger charge is 2.42. The van der Waals surface area contributed by atoms with Crippen LogP contribution in [0.4, 0.5) is 0 Å². The maximum Gasteiger partial charge on any atom is 0.220 e. The average Bonchev–Trinajstić information content (AvgIpc) is 2.63. The van der Waals surface area contributed by atoms with Crippen molar-refractivity contribution in [2.24, 2.45) is 0 Å². The summed E-state index contributed by atoms with van der Waals surface area (Å²) in [7, 11) is 0. The fourth-order valence-electron chi connectivity index (χ4n) is 3.40. The van der Waals surface area contributed by atoms with Gasteiger partial charge >= 0.3 is 0 Å². The van der Waals surface area contributed by atoms with Crippen LogP contribution in [0.15, 0.2) is 0 Å². The molecule has 26 heavy (non-hydrogen) atoms. The number of nitrogens with one attached hydrogen (secondary N) is 1. The molecule has 7 nitrogen and oxygen atoms in total. The molecular weight excluding hydrogens is 338 g/mol. The van der Waals surface area contributed by atoms with Crippen LogP contribution in [0.25, 0.3) is 0 Å². The zero-order valence-electron chi connectivity index (χ0n) is 16.0. The molecule has 5 unspecified atom stereocenters. The molecule has 0 radical (unpaired) electrons. The molecule has 0 aromatic heterocycles. The molecule has 1 amide bonds.